The van der Waals surface area contributed by atoms with Gasteiger partial charge in [-0.3, -0.25) is 4.90 Å². The standard InChI is InChI=1S/C17H23N5O3/c1-2-21-8-9-22(17(21)23)14-3-6-20(7-4-14)11-15-18-16(19-25-15)13-5-10-24-12-13/h5,10,12,14H,2-4,6-9,11H2,1H3. The molecule has 2 saturated heterocycles. The molecule has 2 aromatic rings. The number of nitrogens with zero attached hydrogens (tertiary/aromatic N) is 5. The van der Waals surface area contributed by atoms with Gasteiger partial charge in [0.1, 0.15) is 6.26 Å². The lowest BCUT2D eigenvalue weighted by molar-refractivity contribution is 0.119. The molecule has 8 nitrogen and oxygen atoms in total. The van der Waals surface area contributed by atoms with Crippen molar-refractivity contribution in [3.63, 3.8) is 0 Å². The maximum atomic E-state index is 12.3. The van der Waals surface area contributed by atoms with Crippen LogP contribution in [0.5, 0.6) is 0 Å². The number of aromatic nitrogens is 2. The Kier molecular flexibility index (Phi) is 4.44. The van der Waals surface area contributed by atoms with Crippen molar-refractivity contribution in [3.05, 3.63) is 24.5 Å². The van der Waals surface area contributed by atoms with Crippen LogP contribution < -0.4 is 0 Å². The van der Waals surface area contributed by atoms with Gasteiger partial charge in [0.15, 0.2) is 0 Å². The zero-order chi connectivity index (χ0) is 17.2. The van der Waals surface area contributed by atoms with Crippen LogP contribution in [-0.4, -0.2) is 69.6 Å². The summed E-state index contributed by atoms with van der Waals surface area (Å²) in [6, 6.07) is 2.36. The Morgan fingerprint density at radius 1 is 1.24 bits per heavy atom. The summed E-state index contributed by atoms with van der Waals surface area (Å²) in [5.74, 6) is 1.17. The van der Waals surface area contributed by atoms with Crippen LogP contribution in [0.25, 0.3) is 11.4 Å². The third-order valence-corrected chi connectivity index (χ3v) is 5.11. The summed E-state index contributed by atoms with van der Waals surface area (Å²) < 4.78 is 10.4. The molecule has 0 aliphatic carbocycles. The number of likely N-dealkylation sites (tertiary alicyclic amines) is 1. The fourth-order valence-corrected chi connectivity index (χ4v) is 3.64. The van der Waals surface area contributed by atoms with E-state index in [2.05, 4.69) is 15.0 Å². The topological polar surface area (TPSA) is 78.8 Å². The normalized spacial score (nSPS) is 20.0. The molecule has 0 spiro atoms. The summed E-state index contributed by atoms with van der Waals surface area (Å²) in [6.45, 7) is 7.06. The van der Waals surface area contributed by atoms with E-state index in [9.17, 15) is 4.79 Å². The van der Waals surface area contributed by atoms with Crippen molar-refractivity contribution in [2.75, 3.05) is 32.7 Å². The third kappa shape index (κ3) is 3.26. The second-order valence-electron chi connectivity index (χ2n) is 6.59. The first-order valence-corrected chi connectivity index (χ1v) is 8.87. The van der Waals surface area contributed by atoms with Gasteiger partial charge in [0.05, 0.1) is 18.4 Å². The highest BCUT2D eigenvalue weighted by molar-refractivity contribution is 5.76. The second kappa shape index (κ2) is 6.87. The Balaban J connectivity index is 1.30. The zero-order valence-corrected chi connectivity index (χ0v) is 14.4. The minimum absolute atomic E-state index is 0.197. The number of carbonyl (C=O) groups excluding carboxylic acids is 1. The Morgan fingerprint density at radius 2 is 2.08 bits per heavy atom. The summed E-state index contributed by atoms with van der Waals surface area (Å²) in [6.07, 6.45) is 5.18. The molecule has 0 unspecified atom stereocenters. The lowest BCUT2D eigenvalue weighted by atomic mass is 10.0. The molecule has 2 aromatic heterocycles. The molecule has 0 bridgehead atoms. The van der Waals surface area contributed by atoms with Crippen molar-refractivity contribution >= 4 is 6.03 Å². The Morgan fingerprint density at radius 3 is 2.76 bits per heavy atom. The van der Waals surface area contributed by atoms with Crippen LogP contribution in [0.15, 0.2) is 27.5 Å². The second-order valence-corrected chi connectivity index (χ2v) is 6.59. The summed E-state index contributed by atoms with van der Waals surface area (Å²) in [5, 5.41) is 4.00. The molecule has 134 valence electrons. The van der Waals surface area contributed by atoms with Crippen molar-refractivity contribution in [1.29, 1.82) is 0 Å². The Labute approximate surface area is 146 Å². The molecule has 2 amide bonds. The van der Waals surface area contributed by atoms with Crippen LogP contribution in [0, 0.1) is 0 Å². The maximum Gasteiger partial charge on any atom is 0.320 e. The summed E-state index contributed by atoms with van der Waals surface area (Å²) in [7, 11) is 0. The van der Waals surface area contributed by atoms with Gasteiger partial charge >= 0.3 is 6.03 Å². The summed E-state index contributed by atoms with van der Waals surface area (Å²) in [5.41, 5.74) is 0.821. The Bertz CT molecular complexity index is 706. The summed E-state index contributed by atoms with van der Waals surface area (Å²) in [4.78, 5) is 23.0. The molecule has 2 aliphatic rings. The van der Waals surface area contributed by atoms with E-state index >= 15 is 0 Å². The monoisotopic (exact) mass is 345 g/mol. The van der Waals surface area contributed by atoms with Crippen molar-refractivity contribution in [2.45, 2.75) is 32.4 Å². The van der Waals surface area contributed by atoms with Crippen LogP contribution in [0.1, 0.15) is 25.7 Å². The van der Waals surface area contributed by atoms with E-state index in [-0.39, 0.29) is 6.03 Å². The highest BCUT2D eigenvalue weighted by Crippen LogP contribution is 2.23. The van der Waals surface area contributed by atoms with E-state index in [0.717, 1.165) is 51.1 Å². The number of hydrogen-bond donors (Lipinski definition) is 0. The van der Waals surface area contributed by atoms with Gasteiger partial charge in [0, 0.05) is 38.8 Å². The molecule has 2 fully saturated rings. The molecule has 8 heteroatoms. The Hall–Kier alpha value is -2.35. The largest absolute Gasteiger partial charge is 0.472 e. The van der Waals surface area contributed by atoms with Gasteiger partial charge in [-0.05, 0) is 25.8 Å². The number of rotatable bonds is 5. The molecule has 2 aliphatic heterocycles. The molecule has 0 aromatic carbocycles. The van der Waals surface area contributed by atoms with Gasteiger partial charge in [0.2, 0.25) is 11.7 Å². The van der Waals surface area contributed by atoms with E-state index in [0.29, 0.717) is 24.3 Å². The van der Waals surface area contributed by atoms with E-state index in [1.165, 1.54) is 0 Å². The summed E-state index contributed by atoms with van der Waals surface area (Å²) >= 11 is 0. The molecule has 0 radical (unpaired) electrons. The minimum atomic E-state index is 0.197. The van der Waals surface area contributed by atoms with Crippen molar-refractivity contribution in [2.24, 2.45) is 0 Å². The molecular formula is C17H23N5O3. The number of amides is 2. The number of likely N-dealkylation sites (N-methyl/N-ethyl adjacent to an activating group) is 1. The van der Waals surface area contributed by atoms with Crippen molar-refractivity contribution < 1.29 is 13.7 Å². The predicted octanol–water partition coefficient (Wildman–Crippen LogP) is 2.05. The quantitative estimate of drug-likeness (QED) is 0.825. The van der Waals surface area contributed by atoms with Crippen molar-refractivity contribution in [1.82, 2.24) is 24.8 Å². The molecular weight excluding hydrogens is 322 g/mol. The van der Waals surface area contributed by atoms with Gasteiger partial charge in [-0.15, -0.1) is 0 Å². The van der Waals surface area contributed by atoms with Crippen LogP contribution in [0.4, 0.5) is 4.79 Å². The smallest absolute Gasteiger partial charge is 0.320 e. The van der Waals surface area contributed by atoms with Crippen LogP contribution in [0.2, 0.25) is 0 Å². The van der Waals surface area contributed by atoms with Gasteiger partial charge in [-0.1, -0.05) is 5.16 Å². The molecule has 0 N–H and O–H groups in total. The fourth-order valence-electron chi connectivity index (χ4n) is 3.64. The first kappa shape index (κ1) is 16.1. The maximum absolute atomic E-state index is 12.3. The average molecular weight is 345 g/mol. The van der Waals surface area contributed by atoms with E-state index in [4.69, 9.17) is 8.94 Å². The third-order valence-electron chi connectivity index (χ3n) is 5.11. The van der Waals surface area contributed by atoms with E-state index < -0.39 is 0 Å². The molecule has 4 rings (SSSR count). The minimum Gasteiger partial charge on any atom is -0.472 e. The number of furan rings is 1. The first-order chi connectivity index (χ1) is 12.2. The van der Waals surface area contributed by atoms with E-state index in [1.807, 2.05) is 22.8 Å². The molecule has 0 saturated carbocycles. The van der Waals surface area contributed by atoms with Crippen molar-refractivity contribution in [3.8, 4) is 11.4 Å². The highest BCUT2D eigenvalue weighted by atomic mass is 16.5. The van der Waals surface area contributed by atoms with E-state index in [1.54, 1.807) is 12.5 Å². The van der Waals surface area contributed by atoms with Gasteiger partial charge in [0.25, 0.3) is 0 Å². The van der Waals surface area contributed by atoms with Gasteiger partial charge in [-0.2, -0.15) is 4.98 Å². The number of urea groups is 1. The molecule has 4 heterocycles. The lowest BCUT2D eigenvalue weighted by Gasteiger charge is -2.35. The average Bonchev–Trinajstić information content (AvgIpc) is 3.36. The number of hydrogen-bond acceptors (Lipinski definition) is 6. The molecule has 25 heavy (non-hydrogen) atoms. The fraction of sp³-hybridized carbons (Fsp3) is 0.588. The van der Waals surface area contributed by atoms with Gasteiger partial charge < -0.3 is 18.7 Å². The SMILES string of the molecule is CCN1CCN(C2CCN(Cc3nc(-c4ccoc4)no3)CC2)C1=O. The van der Waals surface area contributed by atoms with Crippen LogP contribution >= 0.6 is 0 Å². The number of piperidine rings is 1. The lowest BCUT2D eigenvalue weighted by Crippen LogP contribution is -2.46. The highest BCUT2D eigenvalue weighted by Gasteiger charge is 2.34. The predicted molar refractivity (Wildman–Crippen MR) is 89.6 cm³/mol. The van der Waals surface area contributed by atoms with Crippen LogP contribution in [-0.2, 0) is 6.54 Å². The van der Waals surface area contributed by atoms with Gasteiger partial charge in [-0.25, -0.2) is 4.79 Å². The zero-order valence-electron chi connectivity index (χ0n) is 14.4. The number of carbonyl (C=O) groups is 1. The first-order valence-electron chi connectivity index (χ1n) is 8.87. The molecule has 0 atom stereocenters. The van der Waals surface area contributed by atoms with Crippen LogP contribution in [0.3, 0.4) is 0 Å².